The zero-order valence-electron chi connectivity index (χ0n) is 15.6. The second kappa shape index (κ2) is 8.00. The summed E-state index contributed by atoms with van der Waals surface area (Å²) in [7, 11) is 3.13. The SMILES string of the molecule is Oc1ccc(Cc2ccccc2C(P)(c2ccccc2)c2ccccc2)cc1. The fourth-order valence-electron chi connectivity index (χ4n) is 3.77. The maximum absolute atomic E-state index is 9.60. The van der Waals surface area contributed by atoms with E-state index in [1.165, 1.54) is 27.8 Å². The zero-order valence-corrected chi connectivity index (χ0v) is 16.8. The van der Waals surface area contributed by atoms with Gasteiger partial charge in [0.15, 0.2) is 0 Å². The van der Waals surface area contributed by atoms with Crippen molar-refractivity contribution in [1.82, 2.24) is 0 Å². The number of rotatable bonds is 5. The molecule has 1 nitrogen and oxygen atoms in total. The van der Waals surface area contributed by atoms with Gasteiger partial charge in [-0.1, -0.05) is 97.1 Å². The molecule has 0 radical (unpaired) electrons. The van der Waals surface area contributed by atoms with Crippen LogP contribution in [0.4, 0.5) is 0 Å². The van der Waals surface area contributed by atoms with Gasteiger partial charge in [-0.15, -0.1) is 9.24 Å². The van der Waals surface area contributed by atoms with Crippen molar-refractivity contribution in [2.24, 2.45) is 0 Å². The van der Waals surface area contributed by atoms with Gasteiger partial charge in [-0.25, -0.2) is 0 Å². The first kappa shape index (κ1) is 18.5. The Balaban J connectivity index is 1.87. The molecule has 0 fully saturated rings. The van der Waals surface area contributed by atoms with Crippen LogP contribution < -0.4 is 0 Å². The Morgan fingerprint density at radius 3 is 1.68 bits per heavy atom. The van der Waals surface area contributed by atoms with Crippen molar-refractivity contribution in [3.63, 3.8) is 0 Å². The van der Waals surface area contributed by atoms with Crippen LogP contribution in [0, 0.1) is 0 Å². The molecule has 4 aromatic rings. The van der Waals surface area contributed by atoms with Gasteiger partial charge >= 0.3 is 0 Å². The fourth-order valence-corrected chi connectivity index (χ4v) is 4.44. The summed E-state index contributed by atoms with van der Waals surface area (Å²) in [5.41, 5.74) is 6.20. The third-order valence-electron chi connectivity index (χ3n) is 5.23. The van der Waals surface area contributed by atoms with E-state index in [4.69, 9.17) is 0 Å². The van der Waals surface area contributed by atoms with E-state index in [1.807, 2.05) is 12.1 Å². The van der Waals surface area contributed by atoms with Crippen LogP contribution in [0.3, 0.4) is 0 Å². The molecule has 0 aliphatic rings. The molecule has 0 amide bonds. The van der Waals surface area contributed by atoms with E-state index in [1.54, 1.807) is 12.1 Å². The van der Waals surface area contributed by atoms with Gasteiger partial charge in [-0.2, -0.15) is 0 Å². The predicted octanol–water partition coefficient (Wildman–Crippen LogP) is 6.15. The highest BCUT2D eigenvalue weighted by molar-refractivity contribution is 7.19. The van der Waals surface area contributed by atoms with Crippen molar-refractivity contribution in [3.05, 3.63) is 137 Å². The Kier molecular flexibility index (Phi) is 5.28. The number of benzene rings is 4. The van der Waals surface area contributed by atoms with Crippen molar-refractivity contribution in [1.29, 1.82) is 0 Å². The Bertz CT molecular complexity index is 1000. The number of phenols is 1. The molecule has 1 atom stereocenters. The summed E-state index contributed by atoms with van der Waals surface area (Å²) in [5.74, 6) is 0.297. The van der Waals surface area contributed by atoms with Crippen LogP contribution in [0.2, 0.25) is 0 Å². The van der Waals surface area contributed by atoms with Crippen LogP contribution in [0.1, 0.15) is 27.8 Å². The maximum Gasteiger partial charge on any atom is 0.115 e. The second-order valence-corrected chi connectivity index (χ2v) is 7.91. The number of phenolic OH excluding ortho intramolecular Hbond substituents is 1. The van der Waals surface area contributed by atoms with Crippen molar-refractivity contribution < 1.29 is 5.11 Å². The van der Waals surface area contributed by atoms with E-state index in [0.29, 0.717) is 5.75 Å². The molecule has 4 rings (SSSR count). The van der Waals surface area contributed by atoms with Crippen molar-refractivity contribution in [2.75, 3.05) is 0 Å². The number of hydrogen-bond donors (Lipinski definition) is 1. The molecular weight excluding hydrogens is 359 g/mol. The summed E-state index contributed by atoms with van der Waals surface area (Å²) < 4.78 is 0. The quantitative estimate of drug-likeness (QED) is 0.324. The van der Waals surface area contributed by atoms with E-state index in [2.05, 4.69) is 94.2 Å². The lowest BCUT2D eigenvalue weighted by molar-refractivity contribution is 0.475. The van der Waals surface area contributed by atoms with Gasteiger partial charge in [0.1, 0.15) is 5.75 Å². The highest BCUT2D eigenvalue weighted by Gasteiger charge is 2.33. The average molecular weight is 382 g/mol. The Labute approximate surface area is 168 Å². The van der Waals surface area contributed by atoms with Gasteiger partial charge in [0.05, 0.1) is 5.16 Å². The Morgan fingerprint density at radius 1 is 0.607 bits per heavy atom. The van der Waals surface area contributed by atoms with Crippen LogP contribution in [0.5, 0.6) is 5.75 Å². The first-order valence-electron chi connectivity index (χ1n) is 9.44. The van der Waals surface area contributed by atoms with E-state index in [9.17, 15) is 5.11 Å². The Hall–Kier alpha value is -2.89. The molecule has 0 saturated carbocycles. The molecule has 1 N–H and O–H groups in total. The number of hydrogen-bond acceptors (Lipinski definition) is 1. The molecule has 28 heavy (non-hydrogen) atoms. The third kappa shape index (κ3) is 3.59. The van der Waals surface area contributed by atoms with E-state index < -0.39 is 0 Å². The van der Waals surface area contributed by atoms with Crippen LogP contribution in [-0.2, 0) is 11.6 Å². The number of aromatic hydroxyl groups is 1. The lowest BCUT2D eigenvalue weighted by atomic mass is 9.80. The lowest BCUT2D eigenvalue weighted by Gasteiger charge is -2.33. The first-order valence-corrected chi connectivity index (χ1v) is 10.0. The molecule has 0 saturated heterocycles. The second-order valence-electron chi connectivity index (χ2n) is 7.04. The van der Waals surface area contributed by atoms with Crippen LogP contribution in [-0.4, -0.2) is 5.11 Å². The van der Waals surface area contributed by atoms with Gasteiger partial charge in [-0.3, -0.25) is 0 Å². The molecule has 0 spiro atoms. The standard InChI is InChI=1S/C26H23OP/c27-24-17-15-20(16-18-24)19-21-9-7-8-14-25(21)26(28,22-10-3-1-4-11-22)23-12-5-2-6-13-23/h1-18,27H,19,28H2. The smallest absolute Gasteiger partial charge is 0.115 e. The minimum absolute atomic E-state index is 0.297. The largest absolute Gasteiger partial charge is 0.508 e. The molecular formula is C26H23OP. The maximum atomic E-state index is 9.60. The topological polar surface area (TPSA) is 20.2 Å². The van der Waals surface area contributed by atoms with Gasteiger partial charge in [-0.05, 0) is 46.4 Å². The van der Waals surface area contributed by atoms with E-state index >= 15 is 0 Å². The highest BCUT2D eigenvalue weighted by Crippen LogP contribution is 2.46. The fraction of sp³-hybridized carbons (Fsp3) is 0.0769. The van der Waals surface area contributed by atoms with Gasteiger partial charge in [0.25, 0.3) is 0 Å². The molecule has 1 unspecified atom stereocenters. The highest BCUT2D eigenvalue weighted by atomic mass is 31.0. The van der Waals surface area contributed by atoms with E-state index in [-0.39, 0.29) is 5.16 Å². The summed E-state index contributed by atoms with van der Waals surface area (Å²) in [5, 5.41) is 9.26. The summed E-state index contributed by atoms with van der Waals surface area (Å²) in [6, 6.07) is 37.4. The van der Waals surface area contributed by atoms with Crippen molar-refractivity contribution in [3.8, 4) is 5.75 Å². The minimum atomic E-state index is -0.337. The summed E-state index contributed by atoms with van der Waals surface area (Å²) in [6.45, 7) is 0. The third-order valence-corrected chi connectivity index (χ3v) is 6.21. The molecule has 0 aliphatic carbocycles. The van der Waals surface area contributed by atoms with Gasteiger partial charge in [0.2, 0.25) is 0 Å². The molecule has 0 bridgehead atoms. The molecule has 0 aliphatic heterocycles. The summed E-state index contributed by atoms with van der Waals surface area (Å²) in [4.78, 5) is 0. The van der Waals surface area contributed by atoms with Crippen LogP contribution in [0.25, 0.3) is 0 Å². The van der Waals surface area contributed by atoms with Crippen LogP contribution in [0.15, 0.2) is 109 Å². The molecule has 4 aromatic carbocycles. The van der Waals surface area contributed by atoms with E-state index in [0.717, 1.165) is 6.42 Å². The Morgan fingerprint density at radius 2 is 1.11 bits per heavy atom. The van der Waals surface area contributed by atoms with Crippen LogP contribution >= 0.6 is 9.24 Å². The monoisotopic (exact) mass is 382 g/mol. The molecule has 138 valence electrons. The summed E-state index contributed by atoms with van der Waals surface area (Å²) in [6.07, 6.45) is 0.812. The molecule has 0 aromatic heterocycles. The summed E-state index contributed by atoms with van der Waals surface area (Å²) >= 11 is 0. The van der Waals surface area contributed by atoms with Gasteiger partial charge < -0.3 is 5.11 Å². The molecule has 2 heteroatoms. The minimum Gasteiger partial charge on any atom is -0.508 e. The average Bonchev–Trinajstić information content (AvgIpc) is 2.76. The van der Waals surface area contributed by atoms with Gasteiger partial charge in [0, 0.05) is 0 Å². The zero-order chi connectivity index (χ0) is 19.4. The lowest BCUT2D eigenvalue weighted by Crippen LogP contribution is -2.23. The van der Waals surface area contributed by atoms with Crippen molar-refractivity contribution in [2.45, 2.75) is 11.6 Å². The van der Waals surface area contributed by atoms with Crippen molar-refractivity contribution >= 4 is 9.24 Å². The first-order chi connectivity index (χ1) is 13.7. The molecule has 0 heterocycles. The predicted molar refractivity (Wildman–Crippen MR) is 120 cm³/mol. The normalized spacial score (nSPS) is 11.3.